The minimum atomic E-state index is -1.69. The van der Waals surface area contributed by atoms with Crippen molar-refractivity contribution in [2.45, 2.75) is 65.2 Å². The largest absolute Gasteiger partial charge is 0.461 e. The highest BCUT2D eigenvalue weighted by Gasteiger charge is 2.36. The zero-order valence-electron chi connectivity index (χ0n) is 17.0. The van der Waals surface area contributed by atoms with Crippen LogP contribution < -0.4 is 0 Å². The third-order valence-corrected chi connectivity index (χ3v) is 9.77. The molecule has 0 amide bonds. The van der Waals surface area contributed by atoms with E-state index in [0.717, 1.165) is 36.9 Å². The van der Waals surface area contributed by atoms with Crippen LogP contribution in [-0.4, -0.2) is 37.1 Å². The maximum atomic E-state index is 12.3. The second-order valence-electron chi connectivity index (χ2n) is 8.15. The number of unbranched alkanes of at least 4 members (excludes halogenated alkanes) is 1. The summed E-state index contributed by atoms with van der Waals surface area (Å²) in [5.41, 5.74) is 1.62. The number of nitrogens with zero attached hydrogens (tertiary/aromatic N) is 2. The molecule has 2 rings (SSSR count). The molecule has 144 valence electrons. The van der Waals surface area contributed by atoms with Crippen molar-refractivity contribution in [1.82, 2.24) is 9.55 Å². The Labute approximate surface area is 157 Å². The van der Waals surface area contributed by atoms with Crippen LogP contribution in [0.4, 0.5) is 0 Å². The Morgan fingerprint density at radius 3 is 2.65 bits per heavy atom. The molecule has 6 heteroatoms. The number of pyridine rings is 1. The van der Waals surface area contributed by atoms with Crippen LogP contribution in [0, 0.1) is 0 Å². The van der Waals surface area contributed by atoms with Crippen LogP contribution in [0.15, 0.2) is 24.5 Å². The number of rotatable bonds is 8. The van der Waals surface area contributed by atoms with Crippen LogP contribution in [0.5, 0.6) is 0 Å². The molecule has 0 aliphatic heterocycles. The molecule has 0 aromatic carbocycles. The summed E-state index contributed by atoms with van der Waals surface area (Å²) in [6.07, 6.45) is 5.47. The van der Waals surface area contributed by atoms with Gasteiger partial charge in [0.1, 0.15) is 5.69 Å². The number of aromatic nitrogens is 2. The van der Waals surface area contributed by atoms with Crippen molar-refractivity contribution in [3.05, 3.63) is 30.2 Å². The molecule has 0 aliphatic rings. The summed E-state index contributed by atoms with van der Waals surface area (Å²) < 4.78 is 13.5. The number of carbonyl (C=O) groups is 1. The van der Waals surface area contributed by atoms with E-state index in [1.165, 1.54) is 0 Å². The second kappa shape index (κ2) is 8.35. The van der Waals surface area contributed by atoms with Gasteiger partial charge in [-0.05, 0) is 50.0 Å². The molecule has 2 heterocycles. The highest BCUT2D eigenvalue weighted by Crippen LogP contribution is 2.36. The van der Waals surface area contributed by atoms with Crippen molar-refractivity contribution >= 4 is 25.2 Å². The minimum Gasteiger partial charge on any atom is -0.461 e. The second-order valence-corrected chi connectivity index (χ2v) is 13.0. The third kappa shape index (κ3) is 4.74. The quantitative estimate of drug-likeness (QED) is 0.369. The number of esters is 1. The molecule has 0 bridgehead atoms. The van der Waals surface area contributed by atoms with Crippen molar-refractivity contribution in [3.8, 4) is 0 Å². The van der Waals surface area contributed by atoms with E-state index in [-0.39, 0.29) is 11.0 Å². The van der Waals surface area contributed by atoms with Crippen LogP contribution in [-0.2, 0) is 15.7 Å². The number of hydrogen-bond donors (Lipinski definition) is 0. The van der Waals surface area contributed by atoms with E-state index in [9.17, 15) is 4.79 Å². The van der Waals surface area contributed by atoms with E-state index in [1.54, 1.807) is 12.4 Å². The van der Waals surface area contributed by atoms with Gasteiger partial charge in [0.25, 0.3) is 0 Å². The Kier molecular flexibility index (Phi) is 6.63. The molecule has 0 atom stereocenters. The molecule has 0 saturated carbocycles. The topological polar surface area (TPSA) is 53.3 Å². The van der Waals surface area contributed by atoms with Gasteiger partial charge in [-0.1, -0.05) is 20.8 Å². The van der Waals surface area contributed by atoms with E-state index in [2.05, 4.69) is 38.8 Å². The summed E-state index contributed by atoms with van der Waals surface area (Å²) in [7, 11) is -1.69. The first-order chi connectivity index (χ1) is 12.2. The summed E-state index contributed by atoms with van der Waals surface area (Å²) in [5, 5.41) is 1.20. The Morgan fingerprint density at radius 1 is 1.27 bits per heavy atom. The predicted octanol–water partition coefficient (Wildman–Crippen LogP) is 5.02. The first-order valence-electron chi connectivity index (χ1n) is 9.41. The highest BCUT2D eigenvalue weighted by atomic mass is 28.4. The van der Waals surface area contributed by atoms with Crippen molar-refractivity contribution in [3.63, 3.8) is 0 Å². The summed E-state index contributed by atoms with van der Waals surface area (Å²) >= 11 is 0. The van der Waals surface area contributed by atoms with E-state index in [1.807, 2.05) is 23.6 Å². The molecule has 5 nitrogen and oxygen atoms in total. The number of fused-ring (bicyclic) bond motifs is 1. The highest BCUT2D eigenvalue weighted by molar-refractivity contribution is 6.74. The first kappa shape index (κ1) is 20.6. The zero-order chi connectivity index (χ0) is 19.4. The molecule has 0 saturated heterocycles. The van der Waals surface area contributed by atoms with Gasteiger partial charge in [0.05, 0.1) is 12.1 Å². The number of aryl methyl sites for hydroxylation is 1. The molecule has 0 aliphatic carbocycles. The lowest BCUT2D eigenvalue weighted by Crippen LogP contribution is -2.40. The van der Waals surface area contributed by atoms with Gasteiger partial charge in [0.2, 0.25) is 0 Å². The van der Waals surface area contributed by atoms with Gasteiger partial charge in [-0.25, -0.2) is 4.79 Å². The maximum Gasteiger partial charge on any atom is 0.354 e. The van der Waals surface area contributed by atoms with Crippen LogP contribution in [0.1, 0.15) is 51.0 Å². The fourth-order valence-electron chi connectivity index (χ4n) is 2.64. The normalized spacial score (nSPS) is 12.5. The lowest BCUT2D eigenvalue weighted by atomic mass is 10.2. The van der Waals surface area contributed by atoms with E-state index in [0.29, 0.717) is 12.3 Å². The molecule has 0 N–H and O–H groups in total. The van der Waals surface area contributed by atoms with E-state index >= 15 is 0 Å². The van der Waals surface area contributed by atoms with Crippen LogP contribution >= 0.6 is 0 Å². The van der Waals surface area contributed by atoms with Gasteiger partial charge in [0.15, 0.2) is 8.32 Å². The lowest BCUT2D eigenvalue weighted by molar-refractivity contribution is 0.0514. The molecule has 2 aromatic rings. The van der Waals surface area contributed by atoms with Gasteiger partial charge in [-0.3, -0.25) is 4.98 Å². The summed E-state index contributed by atoms with van der Waals surface area (Å²) in [6.45, 7) is 15.1. The molecule has 2 aromatic heterocycles. The van der Waals surface area contributed by atoms with Crippen molar-refractivity contribution in [2.75, 3.05) is 13.2 Å². The summed E-state index contributed by atoms with van der Waals surface area (Å²) in [4.78, 5) is 16.4. The monoisotopic (exact) mass is 376 g/mol. The molecular formula is C20H32N2O3Si. The average molecular weight is 377 g/mol. The molecule has 0 spiro atoms. The first-order valence-corrected chi connectivity index (χ1v) is 12.3. The fourth-order valence-corrected chi connectivity index (χ4v) is 3.73. The smallest absolute Gasteiger partial charge is 0.354 e. The molecule has 0 radical (unpaired) electrons. The molecule has 0 unspecified atom stereocenters. The summed E-state index contributed by atoms with van der Waals surface area (Å²) in [6, 6.07) is 3.82. The van der Waals surface area contributed by atoms with Crippen LogP contribution in [0.3, 0.4) is 0 Å². The third-order valence-electron chi connectivity index (χ3n) is 5.23. The fraction of sp³-hybridized carbons (Fsp3) is 0.600. The van der Waals surface area contributed by atoms with Gasteiger partial charge < -0.3 is 13.7 Å². The van der Waals surface area contributed by atoms with E-state index in [4.69, 9.17) is 9.16 Å². The maximum absolute atomic E-state index is 12.3. The van der Waals surface area contributed by atoms with Gasteiger partial charge in [-0.2, -0.15) is 0 Å². The minimum absolute atomic E-state index is 0.230. The Morgan fingerprint density at radius 2 is 2.00 bits per heavy atom. The predicted molar refractivity (Wildman–Crippen MR) is 108 cm³/mol. The van der Waals surface area contributed by atoms with Crippen molar-refractivity contribution < 1.29 is 14.0 Å². The molecule has 26 heavy (non-hydrogen) atoms. The van der Waals surface area contributed by atoms with Crippen LogP contribution in [0.2, 0.25) is 18.1 Å². The Hall–Kier alpha value is -1.66. The number of hydrogen-bond acceptors (Lipinski definition) is 4. The standard InChI is InChI=1S/C20H32N2O3Si/c1-7-24-19(23)18-14-16-15-21-11-10-17(16)22(18)12-8-9-13-25-26(5,6)20(2,3)4/h10-11,14-15H,7-9,12-13H2,1-6H3. The zero-order valence-corrected chi connectivity index (χ0v) is 18.0. The van der Waals surface area contributed by atoms with Gasteiger partial charge in [0, 0.05) is 30.9 Å². The molecule has 0 fully saturated rings. The Balaban J connectivity index is 2.02. The Bertz CT molecular complexity index is 747. The van der Waals surface area contributed by atoms with Gasteiger partial charge >= 0.3 is 5.97 Å². The van der Waals surface area contributed by atoms with Crippen LogP contribution in [0.25, 0.3) is 10.9 Å². The summed E-state index contributed by atoms with van der Waals surface area (Å²) in [5.74, 6) is -0.277. The average Bonchev–Trinajstić information content (AvgIpc) is 2.92. The molecular weight excluding hydrogens is 344 g/mol. The SMILES string of the molecule is CCOC(=O)c1cc2cnccc2n1CCCCO[Si](C)(C)C(C)(C)C. The van der Waals surface area contributed by atoms with Gasteiger partial charge in [-0.15, -0.1) is 0 Å². The van der Waals surface area contributed by atoms with E-state index < -0.39 is 8.32 Å². The number of ether oxygens (including phenoxy) is 1. The van der Waals surface area contributed by atoms with Crippen molar-refractivity contribution in [1.29, 1.82) is 0 Å². The van der Waals surface area contributed by atoms with Crippen molar-refractivity contribution in [2.24, 2.45) is 0 Å². The lowest BCUT2D eigenvalue weighted by Gasteiger charge is -2.36. The number of carbonyl (C=O) groups excluding carboxylic acids is 1.